The maximum absolute atomic E-state index is 12.4. The van der Waals surface area contributed by atoms with Crippen LogP contribution in [0.1, 0.15) is 21.6 Å². The first-order chi connectivity index (χ1) is 12.7. The molecular formula is C22H18N2O2. The van der Waals surface area contributed by atoms with Gasteiger partial charge in [0.25, 0.3) is 5.91 Å². The van der Waals surface area contributed by atoms with E-state index in [1.165, 1.54) is 5.56 Å². The van der Waals surface area contributed by atoms with E-state index in [4.69, 9.17) is 4.52 Å². The monoisotopic (exact) mass is 342 g/mol. The molecular weight excluding hydrogens is 324 g/mol. The summed E-state index contributed by atoms with van der Waals surface area (Å²) in [5.41, 5.74) is 3.48. The summed E-state index contributed by atoms with van der Waals surface area (Å²) in [5.74, 6) is 0.565. The number of nitrogens with one attached hydrogen (secondary N) is 1. The van der Waals surface area contributed by atoms with Crippen LogP contribution < -0.4 is 5.32 Å². The summed E-state index contributed by atoms with van der Waals surface area (Å²) in [6.07, 6.45) is 0. The number of hydrogen-bond acceptors (Lipinski definition) is 3. The predicted molar refractivity (Wildman–Crippen MR) is 102 cm³/mol. The third-order valence-electron chi connectivity index (χ3n) is 4.34. The van der Waals surface area contributed by atoms with Crippen LogP contribution >= 0.6 is 0 Å². The van der Waals surface area contributed by atoms with Crippen LogP contribution in [0.15, 0.2) is 77.3 Å². The fraction of sp³-hybridized carbons (Fsp3) is 0.0909. The largest absolute Gasteiger partial charge is 0.356 e. The average Bonchev–Trinajstić information content (AvgIpc) is 3.15. The number of rotatable bonds is 4. The second kappa shape index (κ2) is 6.84. The molecule has 1 aromatic heterocycles. The van der Waals surface area contributed by atoms with Crippen LogP contribution in [0.2, 0.25) is 0 Å². The number of aromatic nitrogens is 1. The molecule has 4 aromatic rings. The van der Waals surface area contributed by atoms with E-state index in [0.717, 1.165) is 16.3 Å². The van der Waals surface area contributed by atoms with E-state index in [2.05, 4.69) is 10.5 Å². The Morgan fingerprint density at radius 2 is 1.73 bits per heavy atom. The maximum atomic E-state index is 12.4. The standard InChI is InChI=1S/C22H18N2O2/c1-15-6-8-17(9-7-15)21-13-20(24-26-21)14-23-22(25)19-11-10-16-4-2-3-5-18(16)12-19/h2-13H,14H2,1H3,(H,23,25). The Morgan fingerprint density at radius 3 is 2.54 bits per heavy atom. The Bertz CT molecular complexity index is 1060. The zero-order valence-electron chi connectivity index (χ0n) is 14.4. The molecule has 3 aromatic carbocycles. The van der Waals surface area contributed by atoms with Crippen LogP contribution in [0.5, 0.6) is 0 Å². The normalized spacial score (nSPS) is 10.8. The smallest absolute Gasteiger partial charge is 0.251 e. The van der Waals surface area contributed by atoms with Gasteiger partial charge in [-0.1, -0.05) is 65.3 Å². The average molecular weight is 342 g/mol. The highest BCUT2D eigenvalue weighted by atomic mass is 16.5. The van der Waals surface area contributed by atoms with E-state index in [1.807, 2.05) is 79.7 Å². The molecule has 1 N–H and O–H groups in total. The molecule has 4 heteroatoms. The van der Waals surface area contributed by atoms with Gasteiger partial charge in [0.15, 0.2) is 5.76 Å². The first kappa shape index (κ1) is 16.1. The number of fused-ring (bicyclic) bond motifs is 1. The van der Waals surface area contributed by atoms with Crippen molar-refractivity contribution in [3.05, 3.63) is 89.6 Å². The van der Waals surface area contributed by atoms with Gasteiger partial charge in [0.1, 0.15) is 5.69 Å². The molecule has 4 nitrogen and oxygen atoms in total. The van der Waals surface area contributed by atoms with Crippen molar-refractivity contribution >= 4 is 16.7 Å². The molecule has 0 aliphatic carbocycles. The highest BCUT2D eigenvalue weighted by Crippen LogP contribution is 2.21. The van der Waals surface area contributed by atoms with Crippen LogP contribution in [0.3, 0.4) is 0 Å². The van der Waals surface area contributed by atoms with E-state index in [-0.39, 0.29) is 5.91 Å². The molecule has 1 amide bonds. The lowest BCUT2D eigenvalue weighted by Crippen LogP contribution is -2.22. The highest BCUT2D eigenvalue weighted by Gasteiger charge is 2.10. The Balaban J connectivity index is 1.45. The molecule has 0 saturated heterocycles. The summed E-state index contributed by atoms with van der Waals surface area (Å²) >= 11 is 0. The number of amides is 1. The van der Waals surface area contributed by atoms with E-state index < -0.39 is 0 Å². The van der Waals surface area contributed by atoms with Gasteiger partial charge in [-0.2, -0.15) is 0 Å². The molecule has 0 saturated carbocycles. The minimum Gasteiger partial charge on any atom is -0.356 e. The van der Waals surface area contributed by atoms with Crippen molar-refractivity contribution in [2.75, 3.05) is 0 Å². The van der Waals surface area contributed by atoms with Crippen LogP contribution in [0.25, 0.3) is 22.1 Å². The van der Waals surface area contributed by atoms with Crippen LogP contribution in [-0.4, -0.2) is 11.1 Å². The lowest BCUT2D eigenvalue weighted by molar-refractivity contribution is 0.0950. The molecule has 128 valence electrons. The zero-order valence-corrected chi connectivity index (χ0v) is 14.4. The van der Waals surface area contributed by atoms with Crippen molar-refractivity contribution in [1.82, 2.24) is 10.5 Å². The SMILES string of the molecule is Cc1ccc(-c2cc(CNC(=O)c3ccc4ccccc4c3)no2)cc1. The van der Waals surface area contributed by atoms with Crippen LogP contribution in [-0.2, 0) is 6.54 Å². The molecule has 0 unspecified atom stereocenters. The fourth-order valence-electron chi connectivity index (χ4n) is 2.85. The first-order valence-corrected chi connectivity index (χ1v) is 8.49. The number of hydrogen-bond donors (Lipinski definition) is 1. The van der Waals surface area contributed by atoms with Crippen molar-refractivity contribution in [3.8, 4) is 11.3 Å². The Labute approximate surface area is 151 Å². The van der Waals surface area contributed by atoms with E-state index in [1.54, 1.807) is 0 Å². The molecule has 0 atom stereocenters. The summed E-state index contributed by atoms with van der Waals surface area (Å²) < 4.78 is 5.38. The molecule has 0 aliphatic heterocycles. The van der Waals surface area contributed by atoms with Gasteiger partial charge in [-0.25, -0.2) is 0 Å². The zero-order chi connectivity index (χ0) is 17.9. The molecule has 4 rings (SSSR count). The van der Waals surface area contributed by atoms with Gasteiger partial charge in [-0.05, 0) is 29.8 Å². The maximum Gasteiger partial charge on any atom is 0.251 e. The Kier molecular flexibility index (Phi) is 4.23. The third-order valence-corrected chi connectivity index (χ3v) is 4.34. The van der Waals surface area contributed by atoms with Crippen molar-refractivity contribution in [3.63, 3.8) is 0 Å². The molecule has 1 heterocycles. The van der Waals surface area contributed by atoms with Gasteiger partial charge < -0.3 is 9.84 Å². The molecule has 26 heavy (non-hydrogen) atoms. The Morgan fingerprint density at radius 1 is 0.962 bits per heavy atom. The molecule has 0 spiro atoms. The Hall–Kier alpha value is -3.40. The van der Waals surface area contributed by atoms with Gasteiger partial charge in [0.2, 0.25) is 0 Å². The second-order valence-electron chi connectivity index (χ2n) is 6.29. The third kappa shape index (κ3) is 3.35. The molecule has 0 bridgehead atoms. The van der Waals surface area contributed by atoms with E-state index >= 15 is 0 Å². The lowest BCUT2D eigenvalue weighted by atomic mass is 10.1. The minimum absolute atomic E-state index is 0.129. The van der Waals surface area contributed by atoms with Crippen molar-refractivity contribution < 1.29 is 9.32 Å². The minimum atomic E-state index is -0.129. The number of nitrogens with zero attached hydrogens (tertiary/aromatic N) is 1. The van der Waals surface area contributed by atoms with E-state index in [0.29, 0.717) is 23.6 Å². The summed E-state index contributed by atoms with van der Waals surface area (Å²) in [7, 11) is 0. The van der Waals surface area contributed by atoms with Gasteiger partial charge in [-0.3, -0.25) is 4.79 Å². The van der Waals surface area contributed by atoms with Crippen molar-refractivity contribution in [2.24, 2.45) is 0 Å². The predicted octanol–water partition coefficient (Wildman–Crippen LogP) is 4.73. The van der Waals surface area contributed by atoms with Gasteiger partial charge in [0.05, 0.1) is 6.54 Å². The quantitative estimate of drug-likeness (QED) is 0.583. The van der Waals surface area contributed by atoms with Gasteiger partial charge in [0, 0.05) is 17.2 Å². The van der Waals surface area contributed by atoms with Gasteiger partial charge in [-0.15, -0.1) is 0 Å². The molecule has 0 fully saturated rings. The summed E-state index contributed by atoms with van der Waals surface area (Å²) in [5, 5.41) is 9.09. The first-order valence-electron chi connectivity index (χ1n) is 8.49. The van der Waals surface area contributed by atoms with Crippen LogP contribution in [0.4, 0.5) is 0 Å². The summed E-state index contributed by atoms with van der Waals surface area (Å²) in [6, 6.07) is 23.5. The topological polar surface area (TPSA) is 55.1 Å². The summed E-state index contributed by atoms with van der Waals surface area (Å²) in [6.45, 7) is 2.36. The number of aryl methyl sites for hydroxylation is 1. The van der Waals surface area contributed by atoms with Gasteiger partial charge >= 0.3 is 0 Å². The van der Waals surface area contributed by atoms with Crippen LogP contribution in [0, 0.1) is 6.92 Å². The number of carbonyl (C=O) groups excluding carboxylic acids is 1. The fourth-order valence-corrected chi connectivity index (χ4v) is 2.85. The van der Waals surface area contributed by atoms with Crippen molar-refractivity contribution in [2.45, 2.75) is 13.5 Å². The summed E-state index contributed by atoms with van der Waals surface area (Å²) in [4.78, 5) is 12.4. The molecule has 0 radical (unpaired) electrons. The van der Waals surface area contributed by atoms with E-state index in [9.17, 15) is 4.79 Å². The van der Waals surface area contributed by atoms with Crippen molar-refractivity contribution in [1.29, 1.82) is 0 Å². The second-order valence-corrected chi connectivity index (χ2v) is 6.29. The number of benzene rings is 3. The number of carbonyl (C=O) groups is 1. The highest BCUT2D eigenvalue weighted by molar-refractivity contribution is 5.98. The molecule has 0 aliphatic rings. The lowest BCUT2D eigenvalue weighted by Gasteiger charge is -2.04.